The number of nitriles is 2. The standard InChI is InChI=1S/C30H31N5O/c1-3-17-34(2)28-14-12-25(13-15-28)29(24-8-4-22(19-31)5-9-24)35-18-16-27(21-35)33-30(36)26-10-6-23(20-32)7-11-26/h4-15,27,29H,3,16-18,21H2,1-2H3,(H,33,36)/t27-,29?/m1/s1. The van der Waals surface area contributed by atoms with Crippen molar-refractivity contribution in [3.63, 3.8) is 0 Å². The lowest BCUT2D eigenvalue weighted by atomic mass is 9.96. The molecule has 4 rings (SSSR count). The van der Waals surface area contributed by atoms with E-state index in [9.17, 15) is 10.1 Å². The maximum Gasteiger partial charge on any atom is 0.251 e. The number of benzene rings is 3. The van der Waals surface area contributed by atoms with Gasteiger partial charge in [-0.25, -0.2) is 0 Å². The molecule has 3 aromatic rings. The molecule has 1 amide bonds. The molecule has 6 heteroatoms. The van der Waals surface area contributed by atoms with Crippen molar-refractivity contribution in [1.29, 1.82) is 10.5 Å². The largest absolute Gasteiger partial charge is 0.375 e. The first-order valence-electron chi connectivity index (χ1n) is 12.4. The summed E-state index contributed by atoms with van der Waals surface area (Å²) >= 11 is 0. The van der Waals surface area contributed by atoms with Crippen LogP contribution in [0.4, 0.5) is 5.69 Å². The number of anilines is 1. The number of hydrogen-bond donors (Lipinski definition) is 1. The Balaban J connectivity index is 1.53. The van der Waals surface area contributed by atoms with Gasteiger partial charge >= 0.3 is 0 Å². The van der Waals surface area contributed by atoms with Gasteiger partial charge in [0, 0.05) is 44.0 Å². The Morgan fingerprint density at radius 3 is 2.08 bits per heavy atom. The number of amides is 1. The molecule has 36 heavy (non-hydrogen) atoms. The normalized spacial score (nSPS) is 16.1. The van der Waals surface area contributed by atoms with E-state index in [1.165, 1.54) is 11.3 Å². The average molecular weight is 478 g/mol. The lowest BCUT2D eigenvalue weighted by Gasteiger charge is -2.29. The van der Waals surface area contributed by atoms with Gasteiger partial charge in [0.2, 0.25) is 0 Å². The number of hydrogen-bond acceptors (Lipinski definition) is 5. The summed E-state index contributed by atoms with van der Waals surface area (Å²) in [6, 6.07) is 27.6. The van der Waals surface area contributed by atoms with Gasteiger partial charge in [0.25, 0.3) is 5.91 Å². The third-order valence-electron chi connectivity index (χ3n) is 6.76. The van der Waals surface area contributed by atoms with Crippen LogP contribution in [0.25, 0.3) is 0 Å². The van der Waals surface area contributed by atoms with Crippen LogP contribution in [-0.4, -0.2) is 43.5 Å². The number of carbonyl (C=O) groups is 1. The second-order valence-corrected chi connectivity index (χ2v) is 9.29. The first-order valence-corrected chi connectivity index (χ1v) is 12.4. The fourth-order valence-electron chi connectivity index (χ4n) is 4.83. The molecule has 2 atom stereocenters. The van der Waals surface area contributed by atoms with Gasteiger partial charge in [-0.05, 0) is 72.5 Å². The van der Waals surface area contributed by atoms with Crippen LogP contribution in [0.15, 0.2) is 72.8 Å². The summed E-state index contributed by atoms with van der Waals surface area (Å²) in [4.78, 5) is 17.4. The van der Waals surface area contributed by atoms with Gasteiger partial charge in [-0.3, -0.25) is 9.69 Å². The highest BCUT2D eigenvalue weighted by Gasteiger charge is 2.31. The summed E-state index contributed by atoms with van der Waals surface area (Å²) in [6.07, 6.45) is 1.95. The second-order valence-electron chi connectivity index (χ2n) is 9.29. The highest BCUT2D eigenvalue weighted by molar-refractivity contribution is 5.94. The molecule has 0 radical (unpaired) electrons. The molecule has 1 aliphatic heterocycles. The van der Waals surface area contributed by atoms with E-state index in [0.29, 0.717) is 16.7 Å². The summed E-state index contributed by atoms with van der Waals surface area (Å²) in [5.74, 6) is -0.121. The lowest BCUT2D eigenvalue weighted by Crippen LogP contribution is -2.38. The van der Waals surface area contributed by atoms with Gasteiger partial charge in [-0.15, -0.1) is 0 Å². The number of nitrogens with zero attached hydrogens (tertiary/aromatic N) is 4. The first kappa shape index (κ1) is 25.0. The van der Waals surface area contributed by atoms with E-state index in [1.54, 1.807) is 24.3 Å². The van der Waals surface area contributed by atoms with E-state index in [0.717, 1.165) is 38.0 Å². The van der Waals surface area contributed by atoms with Gasteiger partial charge in [0.15, 0.2) is 0 Å². The molecule has 1 saturated heterocycles. The van der Waals surface area contributed by atoms with Crippen molar-refractivity contribution >= 4 is 11.6 Å². The highest BCUT2D eigenvalue weighted by Crippen LogP contribution is 2.33. The molecule has 0 aliphatic carbocycles. The third kappa shape index (κ3) is 5.74. The van der Waals surface area contributed by atoms with E-state index < -0.39 is 0 Å². The molecule has 3 aromatic carbocycles. The summed E-state index contributed by atoms with van der Waals surface area (Å²) < 4.78 is 0. The molecule has 1 N–H and O–H groups in total. The van der Waals surface area contributed by atoms with E-state index in [2.05, 4.69) is 65.5 Å². The van der Waals surface area contributed by atoms with Crippen molar-refractivity contribution in [3.05, 3.63) is 101 Å². The Bertz CT molecular complexity index is 1250. The molecular weight excluding hydrogens is 446 g/mol. The fourth-order valence-corrected chi connectivity index (χ4v) is 4.83. The van der Waals surface area contributed by atoms with Gasteiger partial charge < -0.3 is 10.2 Å². The topological polar surface area (TPSA) is 83.2 Å². The molecule has 1 unspecified atom stereocenters. The Morgan fingerprint density at radius 2 is 1.53 bits per heavy atom. The third-order valence-corrected chi connectivity index (χ3v) is 6.76. The molecule has 1 heterocycles. The van der Waals surface area contributed by atoms with Crippen LogP contribution in [0, 0.1) is 22.7 Å². The van der Waals surface area contributed by atoms with Crippen LogP contribution in [0.3, 0.4) is 0 Å². The maximum atomic E-state index is 12.8. The number of carbonyl (C=O) groups excluding carboxylic acids is 1. The minimum Gasteiger partial charge on any atom is -0.375 e. The summed E-state index contributed by atoms with van der Waals surface area (Å²) in [5.41, 5.74) is 5.24. The fraction of sp³-hybridized carbons (Fsp3) is 0.300. The van der Waals surface area contributed by atoms with Crippen LogP contribution >= 0.6 is 0 Å². The molecule has 6 nitrogen and oxygen atoms in total. The first-order chi connectivity index (χ1) is 17.5. The second kappa shape index (κ2) is 11.5. The molecule has 182 valence electrons. The molecule has 0 aromatic heterocycles. The van der Waals surface area contributed by atoms with Crippen molar-refractivity contribution in [2.45, 2.75) is 31.8 Å². The van der Waals surface area contributed by atoms with Gasteiger partial charge in [0.05, 0.1) is 29.3 Å². The molecule has 0 bridgehead atoms. The average Bonchev–Trinajstić information content (AvgIpc) is 3.37. The van der Waals surface area contributed by atoms with Crippen LogP contribution in [0.5, 0.6) is 0 Å². The van der Waals surface area contributed by atoms with E-state index in [-0.39, 0.29) is 18.0 Å². The summed E-state index contributed by atoms with van der Waals surface area (Å²) in [5, 5.41) is 21.4. The minimum atomic E-state index is -0.121. The maximum absolute atomic E-state index is 12.8. The number of rotatable bonds is 8. The van der Waals surface area contributed by atoms with Crippen LogP contribution in [0.1, 0.15) is 58.4 Å². The SMILES string of the molecule is CCCN(C)c1ccc(C(c2ccc(C#N)cc2)N2CC[C@@H](NC(=O)c3ccc(C#N)cc3)C2)cc1. The van der Waals surface area contributed by atoms with E-state index >= 15 is 0 Å². The van der Waals surface area contributed by atoms with Crippen molar-refractivity contribution in [3.8, 4) is 12.1 Å². The zero-order chi connectivity index (χ0) is 25.5. The molecular formula is C30H31N5O. The van der Waals surface area contributed by atoms with Crippen LogP contribution < -0.4 is 10.2 Å². The summed E-state index contributed by atoms with van der Waals surface area (Å²) in [7, 11) is 2.11. The smallest absolute Gasteiger partial charge is 0.251 e. The Kier molecular flexibility index (Phi) is 8.00. The predicted molar refractivity (Wildman–Crippen MR) is 142 cm³/mol. The van der Waals surface area contributed by atoms with Crippen LogP contribution in [-0.2, 0) is 0 Å². The molecule has 1 aliphatic rings. The molecule has 1 fully saturated rings. The highest BCUT2D eigenvalue weighted by atomic mass is 16.1. The monoisotopic (exact) mass is 477 g/mol. The lowest BCUT2D eigenvalue weighted by molar-refractivity contribution is 0.0937. The minimum absolute atomic E-state index is 0.0279. The Morgan fingerprint density at radius 1 is 0.972 bits per heavy atom. The molecule has 0 spiro atoms. The Hall–Kier alpha value is -4.13. The van der Waals surface area contributed by atoms with Crippen molar-refractivity contribution < 1.29 is 4.79 Å². The zero-order valence-electron chi connectivity index (χ0n) is 20.8. The van der Waals surface area contributed by atoms with Gasteiger partial charge in [0.1, 0.15) is 0 Å². The van der Waals surface area contributed by atoms with Gasteiger partial charge in [-0.2, -0.15) is 10.5 Å². The Labute approximate surface area is 213 Å². The van der Waals surface area contributed by atoms with Crippen molar-refractivity contribution in [2.24, 2.45) is 0 Å². The van der Waals surface area contributed by atoms with Crippen molar-refractivity contribution in [1.82, 2.24) is 10.2 Å². The van der Waals surface area contributed by atoms with E-state index in [4.69, 9.17) is 5.26 Å². The van der Waals surface area contributed by atoms with Crippen LogP contribution in [0.2, 0.25) is 0 Å². The molecule has 0 saturated carbocycles. The van der Waals surface area contributed by atoms with Crippen molar-refractivity contribution in [2.75, 3.05) is 31.6 Å². The quantitative estimate of drug-likeness (QED) is 0.500. The predicted octanol–water partition coefficient (Wildman–Crippen LogP) is 4.87. The zero-order valence-corrected chi connectivity index (χ0v) is 20.8. The van der Waals surface area contributed by atoms with E-state index in [1.807, 2.05) is 24.3 Å². The number of likely N-dealkylation sites (tertiary alicyclic amines) is 1. The van der Waals surface area contributed by atoms with Gasteiger partial charge in [-0.1, -0.05) is 31.2 Å². The number of nitrogens with one attached hydrogen (secondary N) is 1. The summed E-state index contributed by atoms with van der Waals surface area (Å²) in [6.45, 7) is 4.76.